The van der Waals surface area contributed by atoms with Crippen LogP contribution < -0.4 is 0 Å². The molecule has 1 rings (SSSR count). The van der Waals surface area contributed by atoms with E-state index in [4.69, 9.17) is 0 Å². The molecule has 82 valence electrons. The smallest absolute Gasteiger partial charge is 0 e. The zero-order chi connectivity index (χ0) is 8.10. The molecule has 1 aliphatic carbocycles. The molecule has 1 aliphatic rings. The third-order valence-electron chi connectivity index (χ3n) is 2.07. The maximum atomic E-state index is 3.42. The van der Waals surface area contributed by atoms with Gasteiger partial charge in [0.15, 0.2) is 0 Å². The fourth-order valence-electron chi connectivity index (χ4n) is 1.56. The Morgan fingerprint density at radius 2 is 1.71 bits per heavy atom. The maximum absolute atomic E-state index is 3.42. The zero-order valence-corrected chi connectivity index (χ0v) is 13.7. The van der Waals surface area contributed by atoms with E-state index in [2.05, 4.69) is 26.0 Å². The summed E-state index contributed by atoms with van der Waals surface area (Å²) in [6, 6.07) is 0. The van der Waals surface area contributed by atoms with Crippen LogP contribution in [0.2, 0.25) is 0 Å². The van der Waals surface area contributed by atoms with Crippen LogP contribution in [0.15, 0.2) is 17.2 Å². The number of hydrogen-bond acceptors (Lipinski definition) is 0. The molecular weight excluding hydrogens is 335 g/mol. The van der Waals surface area contributed by atoms with Gasteiger partial charge in [0, 0.05) is 25.8 Å². The zero-order valence-electron chi connectivity index (χ0n) is 10.1. The summed E-state index contributed by atoms with van der Waals surface area (Å²) in [5.74, 6) is 0. The van der Waals surface area contributed by atoms with Gasteiger partial charge >= 0.3 is 0 Å². The van der Waals surface area contributed by atoms with Crippen molar-refractivity contribution in [2.24, 2.45) is 0 Å². The molecule has 0 nitrogen and oxygen atoms in total. The van der Waals surface area contributed by atoms with Gasteiger partial charge in [0.05, 0.1) is 0 Å². The molecule has 0 amide bonds. The standard InChI is InChI=1S/C11H17.2CH3.Hf/c1-3-6-10-8-5-9-11(10)7-4-2;;;/h8H,3-7H2,1-2H3;2*1H3;/q3*-1;. The number of hydrogen-bond donors (Lipinski definition) is 0. The molecule has 0 fully saturated rings. The Labute approximate surface area is 110 Å². The minimum Gasteiger partial charge on any atom is -0.358 e. The Hall–Kier alpha value is 0.350. The van der Waals surface area contributed by atoms with E-state index in [1.807, 2.05) is 0 Å². The van der Waals surface area contributed by atoms with Crippen molar-refractivity contribution in [1.29, 1.82) is 0 Å². The third-order valence-corrected chi connectivity index (χ3v) is 2.07. The van der Waals surface area contributed by atoms with E-state index in [0.29, 0.717) is 0 Å². The SMILES string of the molecule is CCCC1=[C-]CC=C1CCC.[CH3-].[CH3-].[Hf]. The molecule has 0 bridgehead atoms. The Bertz CT molecular complexity index is 158. The fourth-order valence-corrected chi connectivity index (χ4v) is 1.56. The Morgan fingerprint density at radius 1 is 1.14 bits per heavy atom. The fraction of sp³-hybridized carbons (Fsp3) is 0.538. The van der Waals surface area contributed by atoms with Crippen molar-refractivity contribution in [1.82, 2.24) is 0 Å². The minimum absolute atomic E-state index is 0. The number of allylic oxidation sites excluding steroid dienone is 4. The monoisotopic (exact) mass is 359 g/mol. The molecule has 0 radical (unpaired) electrons. The molecule has 0 atom stereocenters. The molecule has 0 unspecified atom stereocenters. The van der Waals surface area contributed by atoms with Crippen molar-refractivity contribution in [3.05, 3.63) is 38.2 Å². The molecule has 0 aromatic rings. The van der Waals surface area contributed by atoms with Gasteiger partial charge < -0.3 is 14.9 Å². The molecule has 0 aromatic carbocycles. The van der Waals surface area contributed by atoms with Gasteiger partial charge in [-0.05, 0) is 0 Å². The van der Waals surface area contributed by atoms with Gasteiger partial charge in [0.1, 0.15) is 0 Å². The van der Waals surface area contributed by atoms with Gasteiger partial charge in [-0.1, -0.05) is 39.5 Å². The van der Waals surface area contributed by atoms with Crippen LogP contribution in [0.3, 0.4) is 0 Å². The van der Waals surface area contributed by atoms with Crippen LogP contribution in [0, 0.1) is 20.9 Å². The molecule has 0 spiro atoms. The summed E-state index contributed by atoms with van der Waals surface area (Å²) in [7, 11) is 0. The quantitative estimate of drug-likeness (QED) is 0.511. The normalized spacial score (nSPS) is 13.0. The first kappa shape index (κ1) is 19.9. The molecule has 0 heterocycles. The second-order valence-corrected chi connectivity index (χ2v) is 3.09. The van der Waals surface area contributed by atoms with Crippen molar-refractivity contribution in [2.45, 2.75) is 46.0 Å². The van der Waals surface area contributed by atoms with E-state index in [0.717, 1.165) is 6.42 Å². The molecule has 1 heteroatoms. The van der Waals surface area contributed by atoms with Crippen LogP contribution in [0.25, 0.3) is 0 Å². The average Bonchev–Trinajstić information content (AvgIpc) is 2.39. The van der Waals surface area contributed by atoms with Crippen LogP contribution >= 0.6 is 0 Å². The second-order valence-electron chi connectivity index (χ2n) is 3.09. The van der Waals surface area contributed by atoms with Gasteiger partial charge in [-0.2, -0.15) is 11.6 Å². The maximum Gasteiger partial charge on any atom is 0 e. The molecule has 0 aromatic heterocycles. The summed E-state index contributed by atoms with van der Waals surface area (Å²) in [6.07, 6.45) is 11.8. The van der Waals surface area contributed by atoms with E-state index < -0.39 is 0 Å². The van der Waals surface area contributed by atoms with E-state index in [-0.39, 0.29) is 40.7 Å². The molecule has 0 aliphatic heterocycles. The van der Waals surface area contributed by atoms with Gasteiger partial charge in [-0.25, -0.2) is 5.57 Å². The van der Waals surface area contributed by atoms with Crippen LogP contribution in [0.5, 0.6) is 0 Å². The van der Waals surface area contributed by atoms with E-state index in [1.165, 1.54) is 31.3 Å². The van der Waals surface area contributed by atoms with Crippen molar-refractivity contribution in [3.63, 3.8) is 0 Å². The second kappa shape index (κ2) is 11.4. The third kappa shape index (κ3) is 5.95. The van der Waals surface area contributed by atoms with Crippen LogP contribution in [-0.2, 0) is 25.8 Å². The van der Waals surface area contributed by atoms with E-state index in [1.54, 1.807) is 5.57 Å². The first-order valence-electron chi connectivity index (χ1n) is 4.67. The number of rotatable bonds is 4. The first-order valence-corrected chi connectivity index (χ1v) is 4.67. The molecular formula is C13H23Hf-3. The summed E-state index contributed by atoms with van der Waals surface area (Å²) in [4.78, 5) is 0. The van der Waals surface area contributed by atoms with Gasteiger partial charge in [0.25, 0.3) is 0 Å². The van der Waals surface area contributed by atoms with Crippen LogP contribution in [-0.4, -0.2) is 0 Å². The molecule has 0 saturated heterocycles. The van der Waals surface area contributed by atoms with Crippen molar-refractivity contribution in [3.8, 4) is 0 Å². The summed E-state index contributed by atoms with van der Waals surface area (Å²) >= 11 is 0. The van der Waals surface area contributed by atoms with Crippen molar-refractivity contribution in [2.75, 3.05) is 0 Å². The molecule has 14 heavy (non-hydrogen) atoms. The van der Waals surface area contributed by atoms with E-state index in [9.17, 15) is 0 Å². The summed E-state index contributed by atoms with van der Waals surface area (Å²) < 4.78 is 0. The average molecular weight is 358 g/mol. The topological polar surface area (TPSA) is 0 Å². The van der Waals surface area contributed by atoms with E-state index >= 15 is 0 Å². The largest absolute Gasteiger partial charge is 0.358 e. The Balaban J connectivity index is -0.000000403. The van der Waals surface area contributed by atoms with Gasteiger partial charge in [-0.3, -0.25) is 6.08 Å². The predicted molar refractivity (Wildman–Crippen MR) is 62.1 cm³/mol. The van der Waals surface area contributed by atoms with Crippen LogP contribution in [0.1, 0.15) is 46.0 Å². The molecule has 0 saturated carbocycles. The van der Waals surface area contributed by atoms with Gasteiger partial charge in [-0.15, -0.1) is 6.42 Å². The van der Waals surface area contributed by atoms with Crippen LogP contribution in [0.4, 0.5) is 0 Å². The summed E-state index contributed by atoms with van der Waals surface area (Å²) in [5, 5.41) is 0. The Morgan fingerprint density at radius 3 is 2.21 bits per heavy atom. The predicted octanol–water partition coefficient (Wildman–Crippen LogP) is 4.54. The minimum atomic E-state index is 0. The van der Waals surface area contributed by atoms with Gasteiger partial charge in [0.2, 0.25) is 0 Å². The Kier molecular flexibility index (Phi) is 16.2. The summed E-state index contributed by atoms with van der Waals surface area (Å²) in [6.45, 7) is 4.47. The molecule has 0 N–H and O–H groups in total. The first-order chi connectivity index (χ1) is 5.38. The van der Waals surface area contributed by atoms with Crippen molar-refractivity contribution >= 4 is 0 Å². The van der Waals surface area contributed by atoms with Crippen molar-refractivity contribution < 1.29 is 25.8 Å². The summed E-state index contributed by atoms with van der Waals surface area (Å²) in [5.41, 5.74) is 3.06.